The van der Waals surface area contributed by atoms with Gasteiger partial charge in [-0.3, -0.25) is 4.79 Å². The number of carbonyl (C=O) groups excluding carboxylic acids is 1. The number of hydrogen-bond donors (Lipinski definition) is 0. The zero-order valence-corrected chi connectivity index (χ0v) is 15.7. The Morgan fingerprint density at radius 2 is 1.65 bits per heavy atom. The van der Waals surface area contributed by atoms with E-state index in [1.165, 1.54) is 5.56 Å². The van der Waals surface area contributed by atoms with Crippen LogP contribution in [0.4, 0.5) is 0 Å². The fourth-order valence-corrected chi connectivity index (χ4v) is 3.16. The van der Waals surface area contributed by atoms with Gasteiger partial charge in [0.2, 0.25) is 0 Å². The molecule has 1 amide bonds. The monoisotopic (exact) mass is 346 g/mol. The van der Waals surface area contributed by atoms with Gasteiger partial charge in [0.05, 0.1) is 6.54 Å². The molecule has 3 aromatic rings. The van der Waals surface area contributed by atoms with Crippen molar-refractivity contribution in [2.24, 2.45) is 0 Å². The van der Waals surface area contributed by atoms with E-state index < -0.39 is 0 Å². The zero-order chi connectivity index (χ0) is 18.5. The van der Waals surface area contributed by atoms with Gasteiger partial charge >= 0.3 is 0 Å². The molecule has 0 radical (unpaired) electrons. The Bertz CT molecular complexity index is 865. The number of amides is 1. The van der Waals surface area contributed by atoms with Gasteiger partial charge in [0.25, 0.3) is 5.91 Å². The van der Waals surface area contributed by atoms with Crippen LogP contribution < -0.4 is 0 Å². The van der Waals surface area contributed by atoms with Crippen LogP contribution in [0.15, 0.2) is 72.9 Å². The van der Waals surface area contributed by atoms with Crippen LogP contribution in [0.3, 0.4) is 0 Å². The summed E-state index contributed by atoms with van der Waals surface area (Å²) in [4.78, 5) is 15.1. The Kier molecular flexibility index (Phi) is 5.57. The van der Waals surface area contributed by atoms with Crippen molar-refractivity contribution in [3.8, 4) is 0 Å². The third-order valence-electron chi connectivity index (χ3n) is 4.71. The third-order valence-corrected chi connectivity index (χ3v) is 4.71. The van der Waals surface area contributed by atoms with Crippen molar-refractivity contribution in [2.75, 3.05) is 0 Å². The molecule has 3 heteroatoms. The smallest absolute Gasteiger partial charge is 0.254 e. The molecule has 26 heavy (non-hydrogen) atoms. The highest BCUT2D eigenvalue weighted by atomic mass is 16.2. The Morgan fingerprint density at radius 1 is 0.962 bits per heavy atom. The van der Waals surface area contributed by atoms with Crippen LogP contribution in [0.1, 0.15) is 41.0 Å². The number of benzene rings is 2. The molecule has 1 aromatic heterocycles. The van der Waals surface area contributed by atoms with Crippen molar-refractivity contribution in [3.63, 3.8) is 0 Å². The van der Waals surface area contributed by atoms with Crippen LogP contribution in [0, 0.1) is 6.92 Å². The van der Waals surface area contributed by atoms with Crippen molar-refractivity contribution < 1.29 is 4.79 Å². The maximum Gasteiger partial charge on any atom is 0.254 e. The summed E-state index contributed by atoms with van der Waals surface area (Å²) in [5, 5.41) is 0. The van der Waals surface area contributed by atoms with Gasteiger partial charge in [-0.2, -0.15) is 0 Å². The molecule has 0 saturated heterocycles. The summed E-state index contributed by atoms with van der Waals surface area (Å²) in [7, 11) is 0. The first-order valence-corrected chi connectivity index (χ1v) is 9.11. The van der Waals surface area contributed by atoms with E-state index in [4.69, 9.17) is 0 Å². The molecule has 0 aliphatic rings. The molecule has 0 aliphatic carbocycles. The van der Waals surface area contributed by atoms with Gasteiger partial charge in [-0.15, -0.1) is 0 Å². The van der Waals surface area contributed by atoms with Gasteiger partial charge in [-0.1, -0.05) is 48.5 Å². The Labute approximate surface area is 155 Å². The highest BCUT2D eigenvalue weighted by molar-refractivity contribution is 5.95. The van der Waals surface area contributed by atoms with Crippen molar-refractivity contribution in [3.05, 3.63) is 95.3 Å². The Hall–Kier alpha value is -2.81. The van der Waals surface area contributed by atoms with Gasteiger partial charge in [-0.05, 0) is 50.1 Å². The second-order valence-corrected chi connectivity index (χ2v) is 6.95. The quantitative estimate of drug-likeness (QED) is 0.623. The summed E-state index contributed by atoms with van der Waals surface area (Å²) in [6.07, 6.45) is 2.08. The predicted molar refractivity (Wildman–Crippen MR) is 106 cm³/mol. The Balaban J connectivity index is 1.83. The number of carbonyl (C=O) groups is 1. The van der Waals surface area contributed by atoms with Crippen LogP contribution in [0.2, 0.25) is 0 Å². The summed E-state index contributed by atoms with van der Waals surface area (Å²) in [6.45, 7) is 7.55. The Morgan fingerprint density at radius 3 is 2.35 bits per heavy atom. The van der Waals surface area contributed by atoms with E-state index in [2.05, 4.69) is 61.0 Å². The van der Waals surface area contributed by atoms with Gasteiger partial charge < -0.3 is 9.47 Å². The molecule has 0 N–H and O–H groups in total. The van der Waals surface area contributed by atoms with Crippen molar-refractivity contribution in [1.82, 2.24) is 9.47 Å². The lowest BCUT2D eigenvalue weighted by molar-refractivity contribution is 0.0685. The van der Waals surface area contributed by atoms with Gasteiger partial charge in [-0.25, -0.2) is 0 Å². The lowest BCUT2D eigenvalue weighted by Gasteiger charge is -2.28. The van der Waals surface area contributed by atoms with Gasteiger partial charge in [0, 0.05) is 30.0 Å². The van der Waals surface area contributed by atoms with Crippen LogP contribution >= 0.6 is 0 Å². The maximum absolute atomic E-state index is 13.1. The van der Waals surface area contributed by atoms with Crippen LogP contribution in [0.25, 0.3) is 0 Å². The topological polar surface area (TPSA) is 25.2 Å². The lowest BCUT2D eigenvalue weighted by atomic mass is 10.1. The second-order valence-electron chi connectivity index (χ2n) is 6.95. The van der Waals surface area contributed by atoms with E-state index in [-0.39, 0.29) is 11.9 Å². The lowest BCUT2D eigenvalue weighted by Crippen LogP contribution is -2.37. The average Bonchev–Trinajstić information content (AvgIpc) is 3.07. The molecule has 0 saturated carbocycles. The summed E-state index contributed by atoms with van der Waals surface area (Å²) < 4.78 is 2.22. The first-order chi connectivity index (χ1) is 12.6. The number of rotatable bonds is 6. The van der Waals surface area contributed by atoms with E-state index in [1.807, 2.05) is 42.2 Å². The van der Waals surface area contributed by atoms with E-state index in [9.17, 15) is 4.79 Å². The summed E-state index contributed by atoms with van der Waals surface area (Å²) >= 11 is 0. The van der Waals surface area contributed by atoms with Crippen LogP contribution in [0.5, 0.6) is 0 Å². The zero-order valence-electron chi connectivity index (χ0n) is 15.7. The van der Waals surface area contributed by atoms with Crippen LogP contribution in [-0.2, 0) is 13.1 Å². The minimum atomic E-state index is 0.0885. The molecular weight excluding hydrogens is 320 g/mol. The molecule has 0 aliphatic heterocycles. The number of hydrogen-bond acceptors (Lipinski definition) is 1. The normalized spacial score (nSPS) is 10.9. The molecule has 3 nitrogen and oxygen atoms in total. The molecule has 0 bridgehead atoms. The van der Waals surface area contributed by atoms with E-state index in [0.717, 1.165) is 23.4 Å². The molecule has 1 heterocycles. The van der Waals surface area contributed by atoms with Crippen molar-refractivity contribution >= 4 is 5.91 Å². The van der Waals surface area contributed by atoms with Crippen molar-refractivity contribution in [2.45, 2.75) is 39.9 Å². The fourth-order valence-electron chi connectivity index (χ4n) is 3.16. The number of aryl methyl sites for hydroxylation is 1. The highest BCUT2D eigenvalue weighted by Crippen LogP contribution is 2.17. The molecule has 0 spiro atoms. The summed E-state index contributed by atoms with van der Waals surface area (Å²) in [5.74, 6) is 0.0885. The maximum atomic E-state index is 13.1. The van der Waals surface area contributed by atoms with Gasteiger partial charge in [0.15, 0.2) is 0 Å². The fraction of sp³-hybridized carbons (Fsp3) is 0.261. The van der Waals surface area contributed by atoms with E-state index in [1.54, 1.807) is 0 Å². The third kappa shape index (κ3) is 4.05. The first-order valence-electron chi connectivity index (χ1n) is 9.11. The highest BCUT2D eigenvalue weighted by Gasteiger charge is 2.21. The molecule has 0 atom stereocenters. The molecular formula is C23H26N2O. The summed E-state index contributed by atoms with van der Waals surface area (Å²) in [6, 6.07) is 22.5. The van der Waals surface area contributed by atoms with Crippen LogP contribution in [-0.4, -0.2) is 21.4 Å². The predicted octanol–water partition coefficient (Wildman–Crippen LogP) is 4.90. The molecule has 0 unspecified atom stereocenters. The standard InChI is InChI=1S/C23H26N2O/c1-18(2)25(23(26)22-14-8-7-10-19(22)3)17-21-13-9-15-24(21)16-20-11-5-4-6-12-20/h4-15,18H,16-17H2,1-3H3. The minimum absolute atomic E-state index is 0.0885. The largest absolute Gasteiger partial charge is 0.345 e. The number of aromatic nitrogens is 1. The molecule has 0 fully saturated rings. The summed E-state index contributed by atoms with van der Waals surface area (Å²) in [5.41, 5.74) is 4.20. The molecule has 134 valence electrons. The average molecular weight is 346 g/mol. The number of nitrogens with zero attached hydrogens (tertiary/aromatic N) is 2. The molecule has 3 rings (SSSR count). The second kappa shape index (κ2) is 8.05. The molecule has 2 aromatic carbocycles. The van der Waals surface area contributed by atoms with E-state index >= 15 is 0 Å². The minimum Gasteiger partial charge on any atom is -0.345 e. The SMILES string of the molecule is Cc1ccccc1C(=O)N(Cc1cccn1Cc1ccccc1)C(C)C. The first kappa shape index (κ1) is 18.0. The van der Waals surface area contributed by atoms with Crippen molar-refractivity contribution in [1.29, 1.82) is 0 Å². The van der Waals surface area contributed by atoms with E-state index in [0.29, 0.717) is 6.54 Å². The van der Waals surface area contributed by atoms with Gasteiger partial charge in [0.1, 0.15) is 0 Å².